The van der Waals surface area contributed by atoms with Crippen LogP contribution in [0, 0.1) is 5.92 Å². The number of para-hydroxylation sites is 1. The second kappa shape index (κ2) is 16.3. The van der Waals surface area contributed by atoms with Crippen LogP contribution in [0.4, 0.5) is 0 Å². The second-order valence-electron chi connectivity index (χ2n) is 11.4. The van der Waals surface area contributed by atoms with E-state index in [0.717, 1.165) is 42.1 Å². The van der Waals surface area contributed by atoms with E-state index in [2.05, 4.69) is 55.7 Å². The summed E-state index contributed by atoms with van der Waals surface area (Å²) in [5.74, 6) is 1.35. The molecule has 39 heavy (non-hydrogen) atoms. The van der Waals surface area contributed by atoms with E-state index in [0.29, 0.717) is 44.2 Å². The maximum absolute atomic E-state index is 13.2. The van der Waals surface area contributed by atoms with Gasteiger partial charge < -0.3 is 9.30 Å². The number of esters is 1. The minimum absolute atomic E-state index is 0.162. The molecule has 0 spiro atoms. The van der Waals surface area contributed by atoms with Crippen molar-refractivity contribution >= 4 is 22.7 Å². The van der Waals surface area contributed by atoms with Crippen LogP contribution in [0.2, 0.25) is 0 Å². The molecular weight excluding hydrogens is 482 g/mol. The molecule has 212 valence electrons. The predicted octanol–water partition coefficient (Wildman–Crippen LogP) is 9.29. The van der Waals surface area contributed by atoms with Crippen molar-refractivity contribution in [1.29, 1.82) is 0 Å². The van der Waals surface area contributed by atoms with Crippen LogP contribution in [0.15, 0.2) is 54.7 Å². The van der Waals surface area contributed by atoms with Crippen molar-refractivity contribution in [3.8, 4) is 0 Å². The summed E-state index contributed by atoms with van der Waals surface area (Å²) in [4.78, 5) is 24.9. The number of aryl methyl sites for hydroxylation is 1. The fraction of sp³-hybridized carbons (Fsp3) is 0.543. The summed E-state index contributed by atoms with van der Waals surface area (Å²) in [5.41, 5.74) is 4.77. The number of carbonyl (C=O) groups is 2. The number of carbonyl (C=O) groups excluding carboxylic acids is 2. The summed E-state index contributed by atoms with van der Waals surface area (Å²) >= 11 is 0. The highest BCUT2D eigenvalue weighted by molar-refractivity contribution is 6.08. The third kappa shape index (κ3) is 9.67. The van der Waals surface area contributed by atoms with E-state index in [4.69, 9.17) is 4.74 Å². The van der Waals surface area contributed by atoms with Gasteiger partial charge >= 0.3 is 5.97 Å². The summed E-state index contributed by atoms with van der Waals surface area (Å²) in [6, 6.07) is 17.4. The summed E-state index contributed by atoms with van der Waals surface area (Å²) < 4.78 is 7.17. The first-order valence-electron chi connectivity index (χ1n) is 15.3. The SMILES string of the molecule is CCCCC(CCCCCC(=O)c1cn(CCCC(=O)OCC)c2ccccc12)c1ccc(CC(C)C)cc1. The normalized spacial score (nSPS) is 12.2. The molecule has 1 unspecified atom stereocenters. The molecule has 0 amide bonds. The molecule has 1 atom stereocenters. The Kier molecular flexibility index (Phi) is 12.8. The highest BCUT2D eigenvalue weighted by Crippen LogP contribution is 2.29. The molecule has 0 aliphatic carbocycles. The number of benzene rings is 2. The van der Waals surface area contributed by atoms with Crippen molar-refractivity contribution in [3.05, 3.63) is 71.4 Å². The number of rotatable bonds is 18. The standard InChI is InChI=1S/C35H49NO3/c1-5-7-14-29(30-22-20-28(21-23-30)25-27(3)4)15-9-8-10-18-34(37)32-26-36(24-13-19-35(38)39-6-2)33-17-12-11-16-31(32)33/h11-12,16-17,20-23,26-27,29H,5-10,13-15,18-19,24-25H2,1-4H3. The minimum atomic E-state index is -0.162. The Bertz CT molecular complexity index is 1160. The second-order valence-corrected chi connectivity index (χ2v) is 11.4. The Morgan fingerprint density at radius 3 is 2.31 bits per heavy atom. The number of hydrogen-bond donors (Lipinski definition) is 0. The van der Waals surface area contributed by atoms with Gasteiger partial charge in [0.25, 0.3) is 0 Å². The predicted molar refractivity (Wildman–Crippen MR) is 162 cm³/mol. The monoisotopic (exact) mass is 531 g/mol. The zero-order valence-electron chi connectivity index (χ0n) is 24.7. The van der Waals surface area contributed by atoms with Crippen molar-refractivity contribution in [2.75, 3.05) is 6.61 Å². The molecule has 0 N–H and O–H groups in total. The Labute approximate surface area is 236 Å². The number of Topliss-reactive ketones (excluding diaryl/α,β-unsaturated/α-hetero) is 1. The van der Waals surface area contributed by atoms with Gasteiger partial charge in [-0.05, 0) is 68.1 Å². The van der Waals surface area contributed by atoms with Crippen LogP contribution in [0.25, 0.3) is 10.9 Å². The number of hydrogen-bond acceptors (Lipinski definition) is 3. The molecular formula is C35H49NO3. The first-order valence-corrected chi connectivity index (χ1v) is 15.3. The van der Waals surface area contributed by atoms with Crippen LogP contribution in [-0.4, -0.2) is 22.9 Å². The first kappa shape index (κ1) is 30.7. The summed E-state index contributed by atoms with van der Waals surface area (Å²) in [5, 5.41) is 1.01. The zero-order chi connectivity index (χ0) is 28.0. The quantitative estimate of drug-likeness (QED) is 0.0933. The molecule has 0 aliphatic rings. The summed E-state index contributed by atoms with van der Waals surface area (Å²) in [6.07, 6.45) is 12.9. The molecule has 3 rings (SSSR count). The molecule has 0 bridgehead atoms. The maximum atomic E-state index is 13.2. The fourth-order valence-electron chi connectivity index (χ4n) is 5.59. The van der Waals surface area contributed by atoms with E-state index < -0.39 is 0 Å². The Balaban J connectivity index is 1.52. The third-order valence-electron chi connectivity index (χ3n) is 7.63. The van der Waals surface area contributed by atoms with E-state index in [9.17, 15) is 9.59 Å². The van der Waals surface area contributed by atoms with Crippen molar-refractivity contribution in [3.63, 3.8) is 0 Å². The molecule has 1 heterocycles. The average Bonchev–Trinajstić information content (AvgIpc) is 3.29. The lowest BCUT2D eigenvalue weighted by atomic mass is 9.87. The lowest BCUT2D eigenvalue weighted by Gasteiger charge is -2.18. The molecule has 1 aromatic heterocycles. The van der Waals surface area contributed by atoms with Crippen molar-refractivity contribution in [2.24, 2.45) is 5.92 Å². The zero-order valence-corrected chi connectivity index (χ0v) is 24.7. The number of ether oxygens (including phenoxy) is 1. The minimum Gasteiger partial charge on any atom is -0.466 e. The Hall–Kier alpha value is -2.88. The van der Waals surface area contributed by atoms with Gasteiger partial charge in [-0.3, -0.25) is 9.59 Å². The Morgan fingerprint density at radius 2 is 1.59 bits per heavy atom. The van der Waals surface area contributed by atoms with Crippen LogP contribution in [0.3, 0.4) is 0 Å². The lowest BCUT2D eigenvalue weighted by molar-refractivity contribution is -0.143. The number of ketones is 1. The van der Waals surface area contributed by atoms with Crippen LogP contribution in [-0.2, 0) is 22.5 Å². The van der Waals surface area contributed by atoms with Crippen molar-refractivity contribution in [1.82, 2.24) is 4.57 Å². The van der Waals surface area contributed by atoms with E-state index in [-0.39, 0.29) is 11.8 Å². The molecule has 0 aliphatic heterocycles. The number of unbranched alkanes of at least 4 members (excludes halogenated alkanes) is 3. The van der Waals surface area contributed by atoms with Crippen LogP contribution in [0.1, 0.15) is 119 Å². The molecule has 4 nitrogen and oxygen atoms in total. The van der Waals surface area contributed by atoms with Gasteiger partial charge in [-0.25, -0.2) is 0 Å². The van der Waals surface area contributed by atoms with E-state index in [1.807, 2.05) is 31.3 Å². The van der Waals surface area contributed by atoms with Gasteiger partial charge in [0.05, 0.1) is 6.61 Å². The van der Waals surface area contributed by atoms with Crippen LogP contribution in [0.5, 0.6) is 0 Å². The maximum Gasteiger partial charge on any atom is 0.305 e. The van der Waals surface area contributed by atoms with Gasteiger partial charge in [0.15, 0.2) is 5.78 Å². The molecule has 0 saturated carbocycles. The smallest absolute Gasteiger partial charge is 0.305 e. The highest BCUT2D eigenvalue weighted by atomic mass is 16.5. The average molecular weight is 532 g/mol. The van der Waals surface area contributed by atoms with Gasteiger partial charge in [0.1, 0.15) is 0 Å². The van der Waals surface area contributed by atoms with Gasteiger partial charge in [-0.1, -0.05) is 88.9 Å². The lowest BCUT2D eigenvalue weighted by Crippen LogP contribution is -2.06. The number of fused-ring (bicyclic) bond motifs is 1. The Morgan fingerprint density at radius 1 is 0.846 bits per heavy atom. The van der Waals surface area contributed by atoms with E-state index >= 15 is 0 Å². The van der Waals surface area contributed by atoms with Crippen molar-refractivity contribution in [2.45, 2.75) is 111 Å². The van der Waals surface area contributed by atoms with E-state index in [1.165, 1.54) is 36.8 Å². The van der Waals surface area contributed by atoms with Gasteiger partial charge in [-0.2, -0.15) is 0 Å². The molecule has 0 saturated heterocycles. The molecule has 0 radical (unpaired) electrons. The van der Waals surface area contributed by atoms with Crippen LogP contribution >= 0.6 is 0 Å². The topological polar surface area (TPSA) is 48.3 Å². The summed E-state index contributed by atoms with van der Waals surface area (Å²) in [7, 11) is 0. The third-order valence-corrected chi connectivity index (χ3v) is 7.63. The van der Waals surface area contributed by atoms with E-state index in [1.54, 1.807) is 0 Å². The summed E-state index contributed by atoms with van der Waals surface area (Å²) in [6.45, 7) is 9.75. The van der Waals surface area contributed by atoms with Gasteiger partial charge in [0, 0.05) is 42.0 Å². The number of aromatic nitrogens is 1. The van der Waals surface area contributed by atoms with Gasteiger partial charge in [-0.15, -0.1) is 0 Å². The molecule has 3 aromatic rings. The largest absolute Gasteiger partial charge is 0.466 e. The van der Waals surface area contributed by atoms with Gasteiger partial charge in [0.2, 0.25) is 0 Å². The first-order chi connectivity index (χ1) is 18.9. The van der Waals surface area contributed by atoms with Crippen LogP contribution < -0.4 is 0 Å². The molecule has 0 fully saturated rings. The molecule has 4 heteroatoms. The number of nitrogens with zero attached hydrogens (tertiary/aromatic N) is 1. The fourth-order valence-corrected chi connectivity index (χ4v) is 5.59. The molecule has 2 aromatic carbocycles. The van der Waals surface area contributed by atoms with Crippen molar-refractivity contribution < 1.29 is 14.3 Å². The highest BCUT2D eigenvalue weighted by Gasteiger charge is 2.16.